The number of carboxylic acid groups (broad SMARTS) is 1. The van der Waals surface area contributed by atoms with E-state index >= 15 is 0 Å². The Morgan fingerprint density at radius 3 is 2.84 bits per heavy atom. The molecule has 0 bridgehead atoms. The third-order valence-electron chi connectivity index (χ3n) is 2.85. The molecular weight excluding hydrogens is 246 g/mol. The van der Waals surface area contributed by atoms with Crippen molar-refractivity contribution in [1.29, 1.82) is 0 Å². The van der Waals surface area contributed by atoms with Crippen LogP contribution in [0.3, 0.4) is 0 Å². The first-order valence-corrected chi connectivity index (χ1v) is 6.22. The number of likely N-dealkylation sites (N-methyl/N-ethyl adjacent to an activating group) is 1. The summed E-state index contributed by atoms with van der Waals surface area (Å²) in [5.74, 6) is -0.153. The van der Waals surface area contributed by atoms with Gasteiger partial charge in [0.05, 0.1) is 19.6 Å². The van der Waals surface area contributed by atoms with Gasteiger partial charge in [0.15, 0.2) is 0 Å². The van der Waals surface area contributed by atoms with Crippen molar-refractivity contribution in [3.05, 3.63) is 29.8 Å². The van der Waals surface area contributed by atoms with Gasteiger partial charge in [-0.05, 0) is 31.2 Å². The van der Waals surface area contributed by atoms with Gasteiger partial charge in [0.25, 0.3) is 0 Å². The van der Waals surface area contributed by atoms with Crippen molar-refractivity contribution in [1.82, 2.24) is 4.90 Å². The zero-order valence-corrected chi connectivity index (χ0v) is 11.4. The monoisotopic (exact) mass is 267 g/mol. The SMILES string of the molecule is COc1cccc(CCN(C)CC(O)CC(=O)O)c1. The van der Waals surface area contributed by atoms with Crippen LogP contribution in [-0.4, -0.2) is 54.4 Å². The number of hydrogen-bond donors (Lipinski definition) is 2. The lowest BCUT2D eigenvalue weighted by Gasteiger charge is -2.19. The van der Waals surface area contributed by atoms with Gasteiger partial charge in [0, 0.05) is 13.1 Å². The predicted octanol–water partition coefficient (Wildman–Crippen LogP) is 1.01. The lowest BCUT2D eigenvalue weighted by molar-refractivity contribution is -0.139. The van der Waals surface area contributed by atoms with Crippen LogP contribution in [0, 0.1) is 0 Å². The molecule has 1 rings (SSSR count). The third kappa shape index (κ3) is 6.22. The van der Waals surface area contributed by atoms with Crippen LogP contribution in [0.2, 0.25) is 0 Å². The Morgan fingerprint density at radius 1 is 1.47 bits per heavy atom. The molecule has 1 unspecified atom stereocenters. The molecule has 0 heterocycles. The Morgan fingerprint density at radius 2 is 2.21 bits per heavy atom. The van der Waals surface area contributed by atoms with E-state index in [1.54, 1.807) is 7.11 Å². The molecule has 2 N–H and O–H groups in total. The zero-order valence-electron chi connectivity index (χ0n) is 11.4. The van der Waals surface area contributed by atoms with Crippen LogP contribution in [-0.2, 0) is 11.2 Å². The first kappa shape index (κ1) is 15.5. The molecule has 0 aliphatic heterocycles. The van der Waals surface area contributed by atoms with Gasteiger partial charge in [-0.3, -0.25) is 4.79 Å². The highest BCUT2D eigenvalue weighted by atomic mass is 16.5. The van der Waals surface area contributed by atoms with Crippen molar-refractivity contribution >= 4 is 5.97 Å². The molecule has 0 radical (unpaired) electrons. The molecule has 0 saturated heterocycles. The first-order valence-electron chi connectivity index (χ1n) is 6.22. The Bertz CT molecular complexity index is 408. The quantitative estimate of drug-likeness (QED) is 0.735. The molecule has 0 spiro atoms. The van der Waals surface area contributed by atoms with Crippen LogP contribution in [0.1, 0.15) is 12.0 Å². The number of aliphatic hydroxyl groups is 1. The van der Waals surface area contributed by atoms with E-state index in [4.69, 9.17) is 9.84 Å². The molecule has 1 aromatic rings. The van der Waals surface area contributed by atoms with Crippen molar-refractivity contribution in [2.24, 2.45) is 0 Å². The standard InChI is InChI=1S/C14H21NO4/c1-15(10-12(16)9-14(17)18)7-6-11-4-3-5-13(8-11)19-2/h3-5,8,12,16H,6-7,9-10H2,1-2H3,(H,17,18). The van der Waals surface area contributed by atoms with Crippen LogP contribution >= 0.6 is 0 Å². The van der Waals surface area contributed by atoms with Crippen molar-refractivity contribution < 1.29 is 19.7 Å². The fourth-order valence-electron chi connectivity index (χ4n) is 1.87. The third-order valence-corrected chi connectivity index (χ3v) is 2.85. The summed E-state index contributed by atoms with van der Waals surface area (Å²) in [4.78, 5) is 12.4. The summed E-state index contributed by atoms with van der Waals surface area (Å²) in [6.45, 7) is 1.11. The molecular formula is C14H21NO4. The summed E-state index contributed by atoms with van der Waals surface area (Å²) < 4.78 is 5.15. The van der Waals surface area contributed by atoms with Gasteiger partial charge < -0.3 is 19.8 Å². The van der Waals surface area contributed by atoms with Gasteiger partial charge in [-0.15, -0.1) is 0 Å². The van der Waals surface area contributed by atoms with E-state index in [-0.39, 0.29) is 6.42 Å². The van der Waals surface area contributed by atoms with Crippen LogP contribution in [0.25, 0.3) is 0 Å². The van der Waals surface area contributed by atoms with E-state index in [9.17, 15) is 9.90 Å². The Balaban J connectivity index is 2.36. The van der Waals surface area contributed by atoms with Crippen LogP contribution in [0.15, 0.2) is 24.3 Å². The molecule has 0 aromatic heterocycles. The Labute approximate surface area is 113 Å². The second-order valence-corrected chi connectivity index (χ2v) is 4.62. The number of ether oxygens (including phenoxy) is 1. The average molecular weight is 267 g/mol. The Kier molecular flexibility index (Phi) is 6.32. The second-order valence-electron chi connectivity index (χ2n) is 4.62. The van der Waals surface area contributed by atoms with Gasteiger partial charge in [-0.25, -0.2) is 0 Å². The van der Waals surface area contributed by atoms with E-state index in [2.05, 4.69) is 0 Å². The number of rotatable bonds is 8. The summed E-state index contributed by atoms with van der Waals surface area (Å²) in [5, 5.41) is 18.1. The van der Waals surface area contributed by atoms with Gasteiger partial charge in [-0.1, -0.05) is 12.1 Å². The summed E-state index contributed by atoms with van der Waals surface area (Å²) in [5.41, 5.74) is 1.15. The van der Waals surface area contributed by atoms with Crippen LogP contribution in [0.4, 0.5) is 0 Å². The van der Waals surface area contributed by atoms with Crippen molar-refractivity contribution in [2.75, 3.05) is 27.2 Å². The number of benzene rings is 1. The van der Waals surface area contributed by atoms with Gasteiger partial charge in [0.1, 0.15) is 5.75 Å². The minimum absolute atomic E-state index is 0.219. The van der Waals surface area contributed by atoms with E-state index in [1.165, 1.54) is 0 Å². The maximum absolute atomic E-state index is 10.4. The summed E-state index contributed by atoms with van der Waals surface area (Å²) in [6.07, 6.45) is -0.218. The lowest BCUT2D eigenvalue weighted by atomic mass is 10.1. The normalized spacial score (nSPS) is 12.4. The maximum Gasteiger partial charge on any atom is 0.306 e. The molecule has 0 aliphatic rings. The highest BCUT2D eigenvalue weighted by molar-refractivity contribution is 5.67. The zero-order chi connectivity index (χ0) is 14.3. The fourth-order valence-corrected chi connectivity index (χ4v) is 1.87. The van der Waals surface area contributed by atoms with E-state index in [0.29, 0.717) is 6.54 Å². The smallest absolute Gasteiger partial charge is 0.306 e. The minimum atomic E-state index is -0.978. The Hall–Kier alpha value is -1.59. The van der Waals surface area contributed by atoms with Gasteiger partial charge in [-0.2, -0.15) is 0 Å². The maximum atomic E-state index is 10.4. The van der Waals surface area contributed by atoms with Crippen molar-refractivity contribution in [3.63, 3.8) is 0 Å². The predicted molar refractivity (Wildman–Crippen MR) is 72.5 cm³/mol. The molecule has 5 heteroatoms. The summed E-state index contributed by atoms with van der Waals surface area (Å²) in [7, 11) is 3.50. The van der Waals surface area contributed by atoms with Gasteiger partial charge >= 0.3 is 5.97 Å². The van der Waals surface area contributed by atoms with Crippen LogP contribution < -0.4 is 4.74 Å². The number of aliphatic carboxylic acids is 1. The molecule has 0 fully saturated rings. The summed E-state index contributed by atoms with van der Waals surface area (Å²) in [6, 6.07) is 7.82. The minimum Gasteiger partial charge on any atom is -0.497 e. The summed E-state index contributed by atoms with van der Waals surface area (Å²) >= 11 is 0. The molecule has 0 amide bonds. The average Bonchev–Trinajstić information content (AvgIpc) is 2.35. The molecule has 5 nitrogen and oxygen atoms in total. The number of carbonyl (C=O) groups is 1. The van der Waals surface area contributed by atoms with Crippen LogP contribution in [0.5, 0.6) is 5.75 Å². The van der Waals surface area contributed by atoms with E-state index in [1.807, 2.05) is 36.2 Å². The van der Waals surface area contributed by atoms with E-state index < -0.39 is 12.1 Å². The van der Waals surface area contributed by atoms with Gasteiger partial charge in [0.2, 0.25) is 0 Å². The van der Waals surface area contributed by atoms with Crippen molar-refractivity contribution in [2.45, 2.75) is 18.9 Å². The molecule has 1 atom stereocenters. The molecule has 0 aliphatic carbocycles. The fraction of sp³-hybridized carbons (Fsp3) is 0.500. The number of aliphatic hydroxyl groups excluding tert-OH is 1. The topological polar surface area (TPSA) is 70.0 Å². The second kappa shape index (κ2) is 7.76. The molecule has 19 heavy (non-hydrogen) atoms. The molecule has 0 saturated carbocycles. The largest absolute Gasteiger partial charge is 0.497 e. The van der Waals surface area contributed by atoms with Crippen molar-refractivity contribution in [3.8, 4) is 5.75 Å². The lowest BCUT2D eigenvalue weighted by Crippen LogP contribution is -2.32. The number of carboxylic acids is 1. The molecule has 106 valence electrons. The highest BCUT2D eigenvalue weighted by Gasteiger charge is 2.12. The number of hydrogen-bond acceptors (Lipinski definition) is 4. The number of nitrogens with zero attached hydrogens (tertiary/aromatic N) is 1. The highest BCUT2D eigenvalue weighted by Crippen LogP contribution is 2.13. The van der Waals surface area contributed by atoms with E-state index in [0.717, 1.165) is 24.3 Å². The molecule has 1 aromatic carbocycles. The first-order chi connectivity index (χ1) is 9.01. The number of methoxy groups -OCH3 is 1.